The van der Waals surface area contributed by atoms with Gasteiger partial charge in [0.25, 0.3) is 0 Å². The molecule has 0 aliphatic carbocycles. The SMILES string of the molecule is Cc1c2c(nn(OC(=O)C(F)(F)F)[n+]1=O)COc1cc(-c3ccccc3)c(NC3(C)CNC3)cc1-2. The van der Waals surface area contributed by atoms with Crippen molar-refractivity contribution in [2.24, 2.45) is 0 Å². The second-order valence-electron chi connectivity index (χ2n) is 8.75. The van der Waals surface area contributed by atoms with Crippen molar-refractivity contribution in [1.29, 1.82) is 0 Å². The largest absolute Gasteiger partial charge is 0.493 e. The zero-order valence-electron chi connectivity index (χ0n) is 18.8. The standard InChI is InChI=1S/C23H21F3N5O4/c1-13-20-16-8-17(28-22(2)11-27-12-22)15(14-6-4-3-5-7-14)9-19(16)34-10-18(20)29-31(30(13)33)35-21(32)23(24,25)26/h3-9,27-28H,10-12H2,1-2H3/q+1. The maximum Gasteiger partial charge on any atom is 0.493 e. The number of nitrogens with one attached hydrogen (secondary N) is 2. The second-order valence-corrected chi connectivity index (χ2v) is 8.75. The van der Waals surface area contributed by atoms with Crippen LogP contribution < -0.4 is 24.7 Å². The third-order valence-corrected chi connectivity index (χ3v) is 6.00. The molecule has 2 N–H and O–H groups in total. The summed E-state index contributed by atoms with van der Waals surface area (Å²) in [5.74, 6) is -2.06. The van der Waals surface area contributed by atoms with E-state index in [9.17, 15) is 22.9 Å². The van der Waals surface area contributed by atoms with Gasteiger partial charge in [-0.15, -0.1) is 0 Å². The number of aromatic nitrogens is 3. The van der Waals surface area contributed by atoms with Crippen LogP contribution in [0.15, 0.2) is 42.5 Å². The van der Waals surface area contributed by atoms with E-state index in [2.05, 4.69) is 27.5 Å². The predicted molar refractivity (Wildman–Crippen MR) is 118 cm³/mol. The molecular weight excluding hydrogens is 467 g/mol. The van der Waals surface area contributed by atoms with E-state index in [0.29, 0.717) is 16.9 Å². The Kier molecular flexibility index (Phi) is 5.28. The number of benzene rings is 2. The molecule has 9 nitrogen and oxygen atoms in total. The molecule has 0 saturated carbocycles. The summed E-state index contributed by atoms with van der Waals surface area (Å²) in [7, 11) is 0. The van der Waals surface area contributed by atoms with Gasteiger partial charge in [-0.25, -0.2) is 4.79 Å². The molecule has 2 aliphatic rings. The van der Waals surface area contributed by atoms with Crippen LogP contribution in [0.25, 0.3) is 22.3 Å². The number of fused-ring (bicyclic) bond motifs is 3. The van der Waals surface area contributed by atoms with E-state index in [1.54, 1.807) is 0 Å². The first kappa shape index (κ1) is 22.8. The molecule has 0 spiro atoms. The molecule has 2 aliphatic heterocycles. The van der Waals surface area contributed by atoms with E-state index in [-0.39, 0.29) is 33.0 Å². The van der Waals surface area contributed by atoms with Crippen molar-refractivity contribution in [3.63, 3.8) is 0 Å². The molecule has 12 heteroatoms. The van der Waals surface area contributed by atoms with Gasteiger partial charge < -0.3 is 15.4 Å². The van der Waals surface area contributed by atoms with E-state index in [4.69, 9.17) is 4.74 Å². The first-order chi connectivity index (χ1) is 16.6. The fourth-order valence-electron chi connectivity index (χ4n) is 4.18. The molecule has 35 heavy (non-hydrogen) atoms. The van der Waals surface area contributed by atoms with Crippen molar-refractivity contribution in [3.05, 3.63) is 58.8 Å². The number of ether oxygens (including phenoxy) is 1. The van der Waals surface area contributed by atoms with Gasteiger partial charge in [0.15, 0.2) is 12.3 Å². The van der Waals surface area contributed by atoms with Crippen LogP contribution in [-0.2, 0) is 11.4 Å². The molecule has 0 amide bonds. The molecule has 5 rings (SSSR count). The Balaban J connectivity index is 1.64. The predicted octanol–water partition coefficient (Wildman–Crippen LogP) is 2.62. The van der Waals surface area contributed by atoms with Crippen molar-refractivity contribution >= 4 is 11.7 Å². The summed E-state index contributed by atoms with van der Waals surface area (Å²) >= 11 is 0. The van der Waals surface area contributed by atoms with Gasteiger partial charge in [-0.1, -0.05) is 30.3 Å². The lowest BCUT2D eigenvalue weighted by atomic mass is 9.91. The van der Waals surface area contributed by atoms with E-state index in [0.717, 1.165) is 29.9 Å². The molecule has 3 heterocycles. The summed E-state index contributed by atoms with van der Waals surface area (Å²) < 4.78 is 43.8. The Bertz CT molecular complexity index is 1380. The number of anilines is 1. The van der Waals surface area contributed by atoms with Crippen LogP contribution in [0.1, 0.15) is 18.3 Å². The number of halogens is 3. The van der Waals surface area contributed by atoms with Crippen LogP contribution in [0.3, 0.4) is 0 Å². The normalized spacial score (nSPS) is 15.8. The Morgan fingerprint density at radius 3 is 2.57 bits per heavy atom. The molecule has 2 aromatic carbocycles. The van der Waals surface area contributed by atoms with E-state index < -0.39 is 12.1 Å². The molecule has 0 unspecified atom stereocenters. The van der Waals surface area contributed by atoms with Crippen LogP contribution in [0.5, 0.6) is 5.75 Å². The summed E-state index contributed by atoms with van der Waals surface area (Å²) in [6.07, 6.45) is -5.28. The number of carbonyl (C=O) groups is 1. The summed E-state index contributed by atoms with van der Waals surface area (Å²) in [5, 5.41) is 10.6. The first-order valence-electron chi connectivity index (χ1n) is 10.8. The van der Waals surface area contributed by atoms with Crippen molar-refractivity contribution in [1.82, 2.24) is 15.4 Å². The highest BCUT2D eigenvalue weighted by molar-refractivity contribution is 5.88. The van der Waals surface area contributed by atoms with Crippen LogP contribution in [-0.4, -0.2) is 40.8 Å². The Labute approximate surface area is 197 Å². The summed E-state index contributed by atoms with van der Waals surface area (Å²) in [6.45, 7) is 4.89. The number of carbonyl (C=O) groups excluding carboxylic acids is 1. The van der Waals surface area contributed by atoms with Gasteiger partial charge in [0, 0.05) is 36.8 Å². The third-order valence-electron chi connectivity index (χ3n) is 6.00. The van der Waals surface area contributed by atoms with Crippen LogP contribution >= 0.6 is 0 Å². The molecule has 0 bridgehead atoms. The zero-order valence-corrected chi connectivity index (χ0v) is 18.8. The average Bonchev–Trinajstić information content (AvgIpc) is 2.80. The van der Waals surface area contributed by atoms with Gasteiger partial charge in [-0.3, -0.25) is 4.84 Å². The minimum Gasteiger partial charge on any atom is -0.484 e. The van der Waals surface area contributed by atoms with Gasteiger partial charge in [-0.05, 0) is 29.5 Å². The quantitative estimate of drug-likeness (QED) is 0.545. The van der Waals surface area contributed by atoms with Gasteiger partial charge in [0.2, 0.25) is 10.7 Å². The maximum absolute atomic E-state index is 12.7. The smallest absolute Gasteiger partial charge is 0.484 e. The van der Waals surface area contributed by atoms with E-state index in [1.807, 2.05) is 42.5 Å². The lowest BCUT2D eigenvalue weighted by molar-refractivity contribution is -0.646. The Morgan fingerprint density at radius 2 is 1.94 bits per heavy atom. The van der Waals surface area contributed by atoms with Gasteiger partial charge in [0.05, 0.1) is 16.2 Å². The molecule has 3 aromatic rings. The topological polar surface area (TPSA) is 100 Å². The Morgan fingerprint density at radius 1 is 1.23 bits per heavy atom. The van der Waals surface area contributed by atoms with Gasteiger partial charge in [-0.2, -0.15) is 13.2 Å². The summed E-state index contributed by atoms with van der Waals surface area (Å²) in [4.78, 5) is 28.1. The number of rotatable bonds is 4. The van der Waals surface area contributed by atoms with E-state index in [1.165, 1.54) is 6.92 Å². The lowest BCUT2D eigenvalue weighted by Gasteiger charge is -2.41. The van der Waals surface area contributed by atoms with Crippen molar-refractivity contribution < 1.29 is 32.1 Å². The summed E-state index contributed by atoms with van der Waals surface area (Å²) in [6, 6.07) is 13.4. The molecule has 182 valence electrons. The number of nitrogens with zero attached hydrogens (tertiary/aromatic N) is 3. The maximum atomic E-state index is 12.7. The minimum absolute atomic E-state index is 0.00413. The fourth-order valence-corrected chi connectivity index (χ4v) is 4.18. The summed E-state index contributed by atoms with van der Waals surface area (Å²) in [5.41, 5.74) is 3.58. The average molecular weight is 488 g/mol. The highest BCUT2D eigenvalue weighted by Gasteiger charge is 2.44. The molecule has 0 radical (unpaired) electrons. The second kappa shape index (κ2) is 8.08. The number of hydrogen-bond acceptors (Lipinski definition) is 7. The first-order valence-corrected chi connectivity index (χ1v) is 10.8. The molecule has 0 atom stereocenters. The van der Waals surface area contributed by atoms with E-state index >= 15 is 0 Å². The highest BCUT2D eigenvalue weighted by atomic mass is 19.4. The van der Waals surface area contributed by atoms with Crippen LogP contribution in [0, 0.1) is 11.8 Å². The fraction of sp³-hybridized carbons (Fsp3) is 0.304. The molecule has 1 fully saturated rings. The molecule has 1 aromatic heterocycles. The monoisotopic (exact) mass is 488 g/mol. The third kappa shape index (κ3) is 4.09. The van der Waals surface area contributed by atoms with Crippen molar-refractivity contribution in [3.8, 4) is 28.0 Å². The lowest BCUT2D eigenvalue weighted by Crippen LogP contribution is -2.62. The van der Waals surface area contributed by atoms with Gasteiger partial charge in [0.1, 0.15) is 10.3 Å². The van der Waals surface area contributed by atoms with Crippen molar-refractivity contribution in [2.45, 2.75) is 32.2 Å². The Hall–Kier alpha value is -3.93. The number of alkyl halides is 3. The molecular formula is C23H21F3N5O4+. The van der Waals surface area contributed by atoms with Crippen molar-refractivity contribution in [2.75, 3.05) is 18.4 Å². The molecule has 1 saturated heterocycles. The highest BCUT2D eigenvalue weighted by Crippen LogP contribution is 2.44. The number of hydrogen-bond donors (Lipinski definition) is 2. The zero-order chi connectivity index (χ0) is 25.0. The minimum atomic E-state index is -5.28. The van der Waals surface area contributed by atoms with Crippen LogP contribution in [0.2, 0.25) is 0 Å². The van der Waals surface area contributed by atoms with Crippen LogP contribution in [0.4, 0.5) is 18.9 Å². The van der Waals surface area contributed by atoms with Gasteiger partial charge >= 0.3 is 12.1 Å².